The van der Waals surface area contributed by atoms with Crippen LogP contribution in [0.25, 0.3) is 0 Å². The molecule has 0 unspecified atom stereocenters. The van der Waals surface area contributed by atoms with Crippen LogP contribution in [0.5, 0.6) is 0 Å². The number of ether oxygens (including phenoxy) is 2. The third-order valence-corrected chi connectivity index (χ3v) is 2.52. The Kier molecular flexibility index (Phi) is 5.60. The summed E-state index contributed by atoms with van der Waals surface area (Å²) in [5, 5.41) is 0. The molecule has 0 aromatic rings. The van der Waals surface area contributed by atoms with Crippen molar-refractivity contribution in [3.05, 3.63) is 0 Å². The van der Waals surface area contributed by atoms with Gasteiger partial charge in [0.05, 0.1) is 25.7 Å². The zero-order chi connectivity index (χ0) is 10.2. The molecule has 0 N–H and O–H groups in total. The molecule has 0 aliphatic heterocycles. The molecule has 3 heteroatoms. The molecule has 1 aliphatic rings. The van der Waals surface area contributed by atoms with E-state index in [4.69, 9.17) is 9.47 Å². The summed E-state index contributed by atoms with van der Waals surface area (Å²) in [6, 6.07) is 0. The Hall–Kier alpha value is -0.570. The van der Waals surface area contributed by atoms with Gasteiger partial charge in [-0.15, -0.1) is 0 Å². The molecule has 0 saturated heterocycles. The highest BCUT2D eigenvalue weighted by Crippen LogP contribution is 2.20. The van der Waals surface area contributed by atoms with E-state index >= 15 is 0 Å². The van der Waals surface area contributed by atoms with E-state index in [2.05, 4.69) is 0 Å². The van der Waals surface area contributed by atoms with Crippen LogP contribution in [0.3, 0.4) is 0 Å². The summed E-state index contributed by atoms with van der Waals surface area (Å²) in [5.41, 5.74) is 0. The van der Waals surface area contributed by atoms with Crippen LogP contribution < -0.4 is 0 Å². The smallest absolute Gasteiger partial charge is 0.308 e. The molecule has 82 valence electrons. The Labute approximate surface area is 85.8 Å². The first-order valence-electron chi connectivity index (χ1n) is 5.60. The van der Waals surface area contributed by atoms with Crippen LogP contribution in [-0.2, 0) is 14.3 Å². The van der Waals surface area contributed by atoms with E-state index < -0.39 is 0 Å². The highest BCUT2D eigenvalue weighted by molar-refractivity contribution is 5.69. The summed E-state index contributed by atoms with van der Waals surface area (Å²) in [6.07, 6.45) is 6.96. The van der Waals surface area contributed by atoms with E-state index in [-0.39, 0.29) is 5.97 Å². The maximum atomic E-state index is 11.0. The normalized spacial score (nSPS) is 18.1. The molecule has 0 spiro atoms. The first kappa shape index (κ1) is 11.5. The average Bonchev–Trinajstić information content (AvgIpc) is 2.20. The van der Waals surface area contributed by atoms with Gasteiger partial charge in [0.2, 0.25) is 0 Å². The lowest BCUT2D eigenvalue weighted by Crippen LogP contribution is -2.19. The standard InChI is InChI=1S/C11H20O3/c1-2-13-11(12)8-9-14-10-6-4-3-5-7-10/h10H,2-9H2,1H3. The molecule has 14 heavy (non-hydrogen) atoms. The summed E-state index contributed by atoms with van der Waals surface area (Å²) < 4.78 is 10.4. The van der Waals surface area contributed by atoms with Gasteiger partial charge in [-0.3, -0.25) is 4.79 Å². The molecule has 1 saturated carbocycles. The van der Waals surface area contributed by atoms with Crippen molar-refractivity contribution in [2.45, 2.75) is 51.6 Å². The van der Waals surface area contributed by atoms with Crippen molar-refractivity contribution in [1.29, 1.82) is 0 Å². The molecule has 0 bridgehead atoms. The van der Waals surface area contributed by atoms with Gasteiger partial charge < -0.3 is 9.47 Å². The van der Waals surface area contributed by atoms with Crippen LogP contribution >= 0.6 is 0 Å². The van der Waals surface area contributed by atoms with Gasteiger partial charge in [0.15, 0.2) is 0 Å². The molecule has 0 atom stereocenters. The second-order valence-corrected chi connectivity index (χ2v) is 3.69. The van der Waals surface area contributed by atoms with Gasteiger partial charge in [0.1, 0.15) is 0 Å². The lowest BCUT2D eigenvalue weighted by molar-refractivity contribution is -0.144. The third kappa shape index (κ3) is 4.61. The number of esters is 1. The van der Waals surface area contributed by atoms with E-state index in [1.807, 2.05) is 6.92 Å². The van der Waals surface area contributed by atoms with Crippen molar-refractivity contribution in [3.8, 4) is 0 Å². The van der Waals surface area contributed by atoms with Gasteiger partial charge in [0, 0.05) is 0 Å². The fraction of sp³-hybridized carbons (Fsp3) is 0.909. The largest absolute Gasteiger partial charge is 0.466 e. The molecule has 0 aromatic carbocycles. The molecule has 0 radical (unpaired) electrons. The molecule has 1 aliphatic carbocycles. The fourth-order valence-electron chi connectivity index (χ4n) is 1.77. The van der Waals surface area contributed by atoms with E-state index in [1.54, 1.807) is 0 Å². The minimum absolute atomic E-state index is 0.150. The molecule has 0 aromatic heterocycles. The zero-order valence-electron chi connectivity index (χ0n) is 8.96. The predicted octanol–water partition coefficient (Wildman–Crippen LogP) is 2.29. The van der Waals surface area contributed by atoms with E-state index in [0.717, 1.165) is 12.8 Å². The number of hydrogen-bond acceptors (Lipinski definition) is 3. The van der Waals surface area contributed by atoms with E-state index in [1.165, 1.54) is 19.3 Å². The second kappa shape index (κ2) is 6.82. The first-order valence-corrected chi connectivity index (χ1v) is 5.60. The maximum Gasteiger partial charge on any atom is 0.308 e. The van der Waals surface area contributed by atoms with Gasteiger partial charge in [-0.2, -0.15) is 0 Å². The van der Waals surface area contributed by atoms with Crippen molar-refractivity contribution < 1.29 is 14.3 Å². The monoisotopic (exact) mass is 200 g/mol. The van der Waals surface area contributed by atoms with Gasteiger partial charge in [0.25, 0.3) is 0 Å². The lowest BCUT2D eigenvalue weighted by Gasteiger charge is -2.21. The van der Waals surface area contributed by atoms with Crippen LogP contribution in [0.4, 0.5) is 0 Å². The molecule has 0 heterocycles. The molecule has 1 rings (SSSR count). The minimum Gasteiger partial charge on any atom is -0.466 e. The van der Waals surface area contributed by atoms with Gasteiger partial charge in [-0.05, 0) is 19.8 Å². The van der Waals surface area contributed by atoms with E-state index in [9.17, 15) is 4.79 Å². The quantitative estimate of drug-likeness (QED) is 0.639. The Bertz CT molecular complexity index is 162. The van der Waals surface area contributed by atoms with Crippen molar-refractivity contribution in [2.75, 3.05) is 13.2 Å². The number of carbonyl (C=O) groups excluding carboxylic acids is 1. The molecule has 1 fully saturated rings. The third-order valence-electron chi connectivity index (χ3n) is 2.52. The zero-order valence-corrected chi connectivity index (χ0v) is 8.96. The molecule has 3 nitrogen and oxygen atoms in total. The summed E-state index contributed by atoms with van der Waals surface area (Å²) in [7, 11) is 0. The predicted molar refractivity (Wildman–Crippen MR) is 54.1 cm³/mol. The van der Waals surface area contributed by atoms with Crippen molar-refractivity contribution in [1.82, 2.24) is 0 Å². The van der Waals surface area contributed by atoms with E-state index in [0.29, 0.717) is 25.7 Å². The summed E-state index contributed by atoms with van der Waals surface area (Å²) in [4.78, 5) is 11.0. The highest BCUT2D eigenvalue weighted by atomic mass is 16.5. The van der Waals surface area contributed by atoms with Crippen molar-refractivity contribution >= 4 is 5.97 Å². The van der Waals surface area contributed by atoms with Crippen LogP contribution in [0.2, 0.25) is 0 Å². The molecule has 0 amide bonds. The first-order chi connectivity index (χ1) is 6.83. The van der Waals surface area contributed by atoms with Gasteiger partial charge in [-0.25, -0.2) is 0 Å². The summed E-state index contributed by atoms with van der Waals surface area (Å²) >= 11 is 0. The van der Waals surface area contributed by atoms with Crippen LogP contribution in [0.15, 0.2) is 0 Å². The van der Waals surface area contributed by atoms with Crippen LogP contribution in [-0.4, -0.2) is 25.3 Å². The topological polar surface area (TPSA) is 35.5 Å². The summed E-state index contributed by atoms with van der Waals surface area (Å²) in [6.45, 7) is 2.80. The number of hydrogen-bond donors (Lipinski definition) is 0. The van der Waals surface area contributed by atoms with Gasteiger partial charge >= 0.3 is 5.97 Å². The average molecular weight is 200 g/mol. The van der Waals surface area contributed by atoms with Gasteiger partial charge in [-0.1, -0.05) is 19.3 Å². The maximum absolute atomic E-state index is 11.0. The molecular formula is C11H20O3. The number of rotatable bonds is 5. The lowest BCUT2D eigenvalue weighted by atomic mass is 9.98. The SMILES string of the molecule is CCOC(=O)CCOC1CCCCC1. The minimum atomic E-state index is -0.150. The second-order valence-electron chi connectivity index (χ2n) is 3.69. The van der Waals surface area contributed by atoms with Crippen molar-refractivity contribution in [3.63, 3.8) is 0 Å². The van der Waals surface area contributed by atoms with Crippen LogP contribution in [0.1, 0.15) is 45.4 Å². The Morgan fingerprint density at radius 2 is 2.00 bits per heavy atom. The van der Waals surface area contributed by atoms with Crippen molar-refractivity contribution in [2.24, 2.45) is 0 Å². The summed E-state index contributed by atoms with van der Waals surface area (Å²) in [5.74, 6) is -0.150. The number of carbonyl (C=O) groups is 1. The fourth-order valence-corrected chi connectivity index (χ4v) is 1.77. The molecular weight excluding hydrogens is 180 g/mol. The Balaban J connectivity index is 1.99. The Morgan fingerprint density at radius 1 is 1.29 bits per heavy atom. The Morgan fingerprint density at radius 3 is 2.64 bits per heavy atom. The van der Waals surface area contributed by atoms with Crippen LogP contribution in [0, 0.1) is 0 Å². The highest BCUT2D eigenvalue weighted by Gasteiger charge is 2.13.